The number of nitrogens with one attached hydrogen (secondary N) is 1. The maximum atomic E-state index is 12.4. The fraction of sp³-hybridized carbons (Fsp3) is 0.235. The molecule has 0 aliphatic rings. The van der Waals surface area contributed by atoms with E-state index in [2.05, 4.69) is 9.71 Å². The van der Waals surface area contributed by atoms with Crippen molar-refractivity contribution >= 4 is 21.1 Å². The van der Waals surface area contributed by atoms with Crippen LogP contribution in [-0.2, 0) is 23.1 Å². The number of aryl methyl sites for hydroxylation is 1. The number of rotatable bonds is 6. The van der Waals surface area contributed by atoms with Gasteiger partial charge in [0.2, 0.25) is 10.0 Å². The molecule has 0 amide bonds. The van der Waals surface area contributed by atoms with Crippen molar-refractivity contribution in [2.75, 3.05) is 7.11 Å². The summed E-state index contributed by atoms with van der Waals surface area (Å²) < 4.78 is 34.5. The monoisotopic (exact) mass is 345 g/mol. The Bertz CT molecular complexity index is 947. The first-order chi connectivity index (χ1) is 11.5. The average Bonchev–Trinajstić information content (AvgIpc) is 2.97. The summed E-state index contributed by atoms with van der Waals surface area (Å²) in [6.45, 7) is 2.87. The molecule has 0 fully saturated rings. The van der Waals surface area contributed by atoms with Crippen LogP contribution >= 0.6 is 0 Å². The van der Waals surface area contributed by atoms with Crippen LogP contribution < -0.4 is 9.46 Å². The zero-order chi connectivity index (χ0) is 17.2. The van der Waals surface area contributed by atoms with Gasteiger partial charge in [0.15, 0.2) is 0 Å². The van der Waals surface area contributed by atoms with Crippen molar-refractivity contribution in [1.29, 1.82) is 0 Å². The molecule has 0 bridgehead atoms. The fourth-order valence-electron chi connectivity index (χ4n) is 2.61. The van der Waals surface area contributed by atoms with Gasteiger partial charge in [0, 0.05) is 6.54 Å². The summed E-state index contributed by atoms with van der Waals surface area (Å²) >= 11 is 0. The molecule has 1 heterocycles. The van der Waals surface area contributed by atoms with Crippen LogP contribution in [0.3, 0.4) is 0 Å². The largest absolute Gasteiger partial charge is 0.497 e. The predicted molar refractivity (Wildman–Crippen MR) is 92.4 cm³/mol. The van der Waals surface area contributed by atoms with E-state index >= 15 is 0 Å². The molecule has 3 aromatic rings. The number of fused-ring (bicyclic) bond motifs is 1. The van der Waals surface area contributed by atoms with Gasteiger partial charge in [-0.3, -0.25) is 0 Å². The highest BCUT2D eigenvalue weighted by atomic mass is 32.2. The zero-order valence-electron chi connectivity index (χ0n) is 13.6. The molecule has 0 radical (unpaired) electrons. The van der Waals surface area contributed by atoms with Crippen LogP contribution in [0.15, 0.2) is 53.4 Å². The Morgan fingerprint density at radius 1 is 1.12 bits per heavy atom. The predicted octanol–water partition coefficient (Wildman–Crippen LogP) is 2.54. The zero-order valence-corrected chi connectivity index (χ0v) is 14.4. The van der Waals surface area contributed by atoms with Crippen molar-refractivity contribution < 1.29 is 13.2 Å². The first-order valence-corrected chi connectivity index (χ1v) is 9.11. The standard InChI is InChI=1S/C17H19N3O3S/c1-3-20-16-7-5-4-6-15(16)19-17(20)12-18-24(21,22)14-10-8-13(23-2)9-11-14/h4-11,18H,3,12H2,1-2H3. The van der Waals surface area contributed by atoms with Crippen molar-refractivity contribution in [2.45, 2.75) is 24.9 Å². The highest BCUT2D eigenvalue weighted by molar-refractivity contribution is 7.89. The minimum Gasteiger partial charge on any atom is -0.497 e. The summed E-state index contributed by atoms with van der Waals surface area (Å²) in [7, 11) is -2.07. The van der Waals surface area contributed by atoms with Gasteiger partial charge in [0.25, 0.3) is 0 Å². The normalized spacial score (nSPS) is 11.8. The SMILES string of the molecule is CCn1c(CNS(=O)(=O)c2ccc(OC)cc2)nc2ccccc21. The van der Waals surface area contributed by atoms with Gasteiger partial charge in [0.1, 0.15) is 11.6 Å². The summed E-state index contributed by atoms with van der Waals surface area (Å²) in [6, 6.07) is 14.0. The summed E-state index contributed by atoms with van der Waals surface area (Å²) in [5, 5.41) is 0. The summed E-state index contributed by atoms with van der Waals surface area (Å²) in [4.78, 5) is 4.72. The molecule has 0 unspecified atom stereocenters. The van der Waals surface area contributed by atoms with Gasteiger partial charge in [0.05, 0.1) is 29.6 Å². The van der Waals surface area contributed by atoms with E-state index < -0.39 is 10.0 Å². The Hall–Kier alpha value is -2.38. The topological polar surface area (TPSA) is 73.2 Å². The molecule has 0 saturated carbocycles. The van der Waals surface area contributed by atoms with Crippen LogP contribution in [0.1, 0.15) is 12.7 Å². The summed E-state index contributed by atoms with van der Waals surface area (Å²) in [6.07, 6.45) is 0. The summed E-state index contributed by atoms with van der Waals surface area (Å²) in [5.41, 5.74) is 1.86. The Labute approximate surface area is 141 Å². The van der Waals surface area contributed by atoms with Crippen molar-refractivity contribution in [2.24, 2.45) is 0 Å². The van der Waals surface area contributed by atoms with Crippen LogP contribution in [-0.4, -0.2) is 25.1 Å². The number of sulfonamides is 1. The second kappa shape index (κ2) is 6.62. The molecule has 0 saturated heterocycles. The molecule has 0 aliphatic heterocycles. The molecular weight excluding hydrogens is 326 g/mol. The van der Waals surface area contributed by atoms with E-state index in [1.165, 1.54) is 19.2 Å². The number of aromatic nitrogens is 2. The van der Waals surface area contributed by atoms with Crippen LogP contribution in [0, 0.1) is 0 Å². The lowest BCUT2D eigenvalue weighted by molar-refractivity contribution is 0.414. The number of hydrogen-bond donors (Lipinski definition) is 1. The smallest absolute Gasteiger partial charge is 0.240 e. The second-order valence-electron chi connectivity index (χ2n) is 5.26. The average molecular weight is 345 g/mol. The molecule has 7 heteroatoms. The highest BCUT2D eigenvalue weighted by Gasteiger charge is 2.16. The van der Waals surface area contributed by atoms with E-state index in [0.717, 1.165) is 17.6 Å². The van der Waals surface area contributed by atoms with E-state index in [1.54, 1.807) is 12.1 Å². The Kier molecular flexibility index (Phi) is 4.55. The molecule has 24 heavy (non-hydrogen) atoms. The third-order valence-electron chi connectivity index (χ3n) is 3.84. The van der Waals surface area contributed by atoms with E-state index in [-0.39, 0.29) is 11.4 Å². The molecule has 2 aromatic carbocycles. The minimum atomic E-state index is -3.60. The van der Waals surface area contributed by atoms with E-state index in [0.29, 0.717) is 11.6 Å². The number of methoxy groups -OCH3 is 1. The molecule has 1 aromatic heterocycles. The number of para-hydroxylation sites is 2. The van der Waals surface area contributed by atoms with Gasteiger partial charge in [-0.1, -0.05) is 12.1 Å². The van der Waals surface area contributed by atoms with Crippen molar-refractivity contribution in [1.82, 2.24) is 14.3 Å². The minimum absolute atomic E-state index is 0.136. The van der Waals surface area contributed by atoms with Crippen LogP contribution in [0.2, 0.25) is 0 Å². The maximum Gasteiger partial charge on any atom is 0.240 e. The number of ether oxygens (including phenoxy) is 1. The quantitative estimate of drug-likeness (QED) is 0.745. The molecule has 126 valence electrons. The lowest BCUT2D eigenvalue weighted by Gasteiger charge is -2.09. The lowest BCUT2D eigenvalue weighted by Crippen LogP contribution is -2.25. The molecule has 0 aliphatic carbocycles. The number of nitrogens with zero attached hydrogens (tertiary/aromatic N) is 2. The third-order valence-corrected chi connectivity index (χ3v) is 5.26. The number of imidazole rings is 1. The number of benzene rings is 2. The van der Waals surface area contributed by atoms with Gasteiger partial charge in [-0.2, -0.15) is 0 Å². The molecule has 1 N–H and O–H groups in total. The van der Waals surface area contributed by atoms with Gasteiger partial charge in [-0.15, -0.1) is 0 Å². The van der Waals surface area contributed by atoms with E-state index in [4.69, 9.17) is 4.74 Å². The Balaban J connectivity index is 1.84. The van der Waals surface area contributed by atoms with Crippen LogP contribution in [0.5, 0.6) is 5.75 Å². The first-order valence-electron chi connectivity index (χ1n) is 7.63. The Morgan fingerprint density at radius 2 is 1.83 bits per heavy atom. The van der Waals surface area contributed by atoms with Crippen molar-refractivity contribution in [3.63, 3.8) is 0 Å². The van der Waals surface area contributed by atoms with Crippen LogP contribution in [0.25, 0.3) is 11.0 Å². The third kappa shape index (κ3) is 3.13. The molecule has 3 rings (SSSR count). The van der Waals surface area contributed by atoms with Crippen molar-refractivity contribution in [3.05, 3.63) is 54.4 Å². The highest BCUT2D eigenvalue weighted by Crippen LogP contribution is 2.18. The van der Waals surface area contributed by atoms with Gasteiger partial charge in [-0.05, 0) is 43.3 Å². The summed E-state index contributed by atoms with van der Waals surface area (Å²) in [5.74, 6) is 1.30. The lowest BCUT2D eigenvalue weighted by atomic mass is 10.3. The molecule has 6 nitrogen and oxygen atoms in total. The Morgan fingerprint density at radius 3 is 2.50 bits per heavy atom. The fourth-order valence-corrected chi connectivity index (χ4v) is 3.59. The van der Waals surface area contributed by atoms with E-state index in [9.17, 15) is 8.42 Å². The van der Waals surface area contributed by atoms with Crippen LogP contribution in [0.4, 0.5) is 0 Å². The maximum absolute atomic E-state index is 12.4. The molecular formula is C17H19N3O3S. The van der Waals surface area contributed by atoms with Gasteiger partial charge in [-0.25, -0.2) is 18.1 Å². The second-order valence-corrected chi connectivity index (χ2v) is 7.03. The molecule has 0 atom stereocenters. The van der Waals surface area contributed by atoms with Crippen molar-refractivity contribution in [3.8, 4) is 5.75 Å². The molecule has 0 spiro atoms. The van der Waals surface area contributed by atoms with E-state index in [1.807, 2.05) is 35.8 Å². The van der Waals surface area contributed by atoms with Gasteiger partial charge < -0.3 is 9.30 Å². The number of hydrogen-bond acceptors (Lipinski definition) is 4. The van der Waals surface area contributed by atoms with Gasteiger partial charge >= 0.3 is 0 Å². The first kappa shape index (κ1) is 16.5.